The summed E-state index contributed by atoms with van der Waals surface area (Å²) in [5.74, 6) is 0. The van der Waals surface area contributed by atoms with Crippen molar-refractivity contribution in [2.45, 2.75) is 18.1 Å². The molecule has 1 saturated carbocycles. The van der Waals surface area contributed by atoms with Crippen molar-refractivity contribution in [2.24, 2.45) is 0 Å². The first-order valence-electron chi connectivity index (χ1n) is 4.97. The van der Waals surface area contributed by atoms with E-state index in [4.69, 9.17) is 10.0 Å². The molecule has 1 aromatic rings. The van der Waals surface area contributed by atoms with Gasteiger partial charge in [0.05, 0.1) is 5.25 Å². The minimum absolute atomic E-state index is 0.260. The Morgan fingerprint density at radius 3 is 2.56 bits per heavy atom. The van der Waals surface area contributed by atoms with E-state index in [9.17, 15) is 8.42 Å². The number of rotatable bonds is 4. The van der Waals surface area contributed by atoms with Gasteiger partial charge in [0.15, 0.2) is 0 Å². The molecule has 0 unspecified atom stereocenters. The van der Waals surface area contributed by atoms with Gasteiger partial charge in [-0.3, -0.25) is 4.72 Å². The van der Waals surface area contributed by atoms with Crippen molar-refractivity contribution in [3.63, 3.8) is 0 Å². The van der Waals surface area contributed by atoms with E-state index in [-0.39, 0.29) is 10.7 Å². The molecule has 0 saturated heterocycles. The van der Waals surface area contributed by atoms with Crippen molar-refractivity contribution >= 4 is 28.3 Å². The summed E-state index contributed by atoms with van der Waals surface area (Å²) in [7, 11) is -4.89. The van der Waals surface area contributed by atoms with Gasteiger partial charge in [0.2, 0.25) is 10.0 Å². The van der Waals surface area contributed by atoms with Crippen LogP contribution < -0.4 is 10.2 Å². The summed E-state index contributed by atoms with van der Waals surface area (Å²) in [4.78, 5) is 0. The minimum Gasteiger partial charge on any atom is -0.423 e. The van der Waals surface area contributed by atoms with Crippen molar-refractivity contribution < 1.29 is 18.5 Å². The van der Waals surface area contributed by atoms with Crippen LogP contribution in [-0.4, -0.2) is 30.8 Å². The Morgan fingerprint density at radius 2 is 2.00 bits per heavy atom. The summed E-state index contributed by atoms with van der Waals surface area (Å²) in [5, 5.41) is 17.6. The molecule has 1 aromatic carbocycles. The number of benzene rings is 1. The molecule has 86 valence electrons. The van der Waals surface area contributed by atoms with Crippen molar-refractivity contribution in [1.29, 1.82) is 0 Å². The summed E-state index contributed by atoms with van der Waals surface area (Å²) in [5.41, 5.74) is 0.619. The zero-order chi connectivity index (χ0) is 11.8. The monoisotopic (exact) mass is 241 g/mol. The number of nitrogens with one attached hydrogen (secondary N) is 1. The average molecular weight is 241 g/mol. The van der Waals surface area contributed by atoms with Crippen molar-refractivity contribution in [3.8, 4) is 0 Å². The quantitative estimate of drug-likeness (QED) is 0.606. The summed E-state index contributed by atoms with van der Waals surface area (Å²) in [6.45, 7) is 0. The highest BCUT2D eigenvalue weighted by atomic mass is 32.2. The zero-order valence-electron chi connectivity index (χ0n) is 8.50. The van der Waals surface area contributed by atoms with Crippen LogP contribution in [0.3, 0.4) is 0 Å². The third kappa shape index (κ3) is 2.55. The van der Waals surface area contributed by atoms with Crippen LogP contribution in [-0.2, 0) is 10.0 Å². The Kier molecular flexibility index (Phi) is 2.92. The number of hydrogen-bond donors (Lipinski definition) is 3. The fraction of sp³-hybridized carbons (Fsp3) is 0.333. The van der Waals surface area contributed by atoms with Gasteiger partial charge in [-0.15, -0.1) is 0 Å². The third-order valence-electron chi connectivity index (χ3n) is 2.41. The fourth-order valence-electron chi connectivity index (χ4n) is 1.39. The maximum Gasteiger partial charge on any atom is 0.488 e. The first-order chi connectivity index (χ1) is 7.49. The van der Waals surface area contributed by atoms with E-state index in [2.05, 4.69) is 4.72 Å². The van der Waals surface area contributed by atoms with Crippen LogP contribution in [0.5, 0.6) is 0 Å². The molecule has 2 rings (SSSR count). The third-order valence-corrected chi connectivity index (χ3v) is 4.28. The Balaban J connectivity index is 2.18. The molecular formula is C9H12BNO4S. The molecule has 1 aliphatic carbocycles. The lowest BCUT2D eigenvalue weighted by Crippen LogP contribution is -2.30. The maximum atomic E-state index is 11.6. The highest BCUT2D eigenvalue weighted by molar-refractivity contribution is 7.93. The van der Waals surface area contributed by atoms with Crippen LogP contribution in [0.25, 0.3) is 0 Å². The molecule has 7 heteroatoms. The standard InChI is InChI=1S/C9H12BNO4S/c12-10(13)7-2-1-3-8(6-7)11-16(14,15)9-4-5-9/h1-3,6,9,11-13H,4-5H2. The van der Waals surface area contributed by atoms with Crippen LogP contribution in [0.1, 0.15) is 12.8 Å². The van der Waals surface area contributed by atoms with Gasteiger partial charge < -0.3 is 10.0 Å². The topological polar surface area (TPSA) is 86.6 Å². The Bertz CT molecular complexity index is 484. The van der Waals surface area contributed by atoms with Gasteiger partial charge in [-0.05, 0) is 30.4 Å². The second kappa shape index (κ2) is 4.08. The molecule has 3 N–H and O–H groups in total. The number of anilines is 1. The molecule has 0 atom stereocenters. The summed E-state index contributed by atoms with van der Waals surface area (Å²) in [6, 6.07) is 6.07. The molecule has 5 nitrogen and oxygen atoms in total. The Hall–Kier alpha value is -1.05. The van der Waals surface area contributed by atoms with Gasteiger partial charge >= 0.3 is 7.12 Å². The van der Waals surface area contributed by atoms with Crippen LogP contribution in [0, 0.1) is 0 Å². The van der Waals surface area contributed by atoms with Crippen LogP contribution in [0.2, 0.25) is 0 Å². The summed E-state index contributed by atoms with van der Waals surface area (Å²) in [6.07, 6.45) is 1.38. The smallest absolute Gasteiger partial charge is 0.423 e. The fourth-order valence-corrected chi connectivity index (χ4v) is 2.77. The number of sulfonamides is 1. The van der Waals surface area contributed by atoms with Crippen LogP contribution in [0.15, 0.2) is 24.3 Å². The molecule has 0 heterocycles. The molecule has 0 amide bonds. The van der Waals surface area contributed by atoms with E-state index < -0.39 is 17.1 Å². The van der Waals surface area contributed by atoms with E-state index in [1.54, 1.807) is 12.1 Å². The lowest BCUT2D eigenvalue weighted by atomic mass is 9.80. The zero-order valence-corrected chi connectivity index (χ0v) is 9.31. The second-order valence-electron chi connectivity index (χ2n) is 3.85. The highest BCUT2D eigenvalue weighted by Crippen LogP contribution is 2.29. The predicted molar refractivity (Wildman–Crippen MR) is 61.8 cm³/mol. The normalized spacial score (nSPS) is 15.9. The lowest BCUT2D eigenvalue weighted by Gasteiger charge is -2.08. The summed E-state index contributed by atoms with van der Waals surface area (Å²) < 4.78 is 25.6. The first kappa shape index (κ1) is 11.4. The van der Waals surface area contributed by atoms with Crippen molar-refractivity contribution in [3.05, 3.63) is 24.3 Å². The molecule has 1 fully saturated rings. The molecule has 0 bridgehead atoms. The Morgan fingerprint density at radius 1 is 1.31 bits per heavy atom. The molecule has 0 spiro atoms. The number of hydrogen-bond acceptors (Lipinski definition) is 4. The second-order valence-corrected chi connectivity index (χ2v) is 5.81. The average Bonchev–Trinajstić information content (AvgIpc) is 3.00. The van der Waals surface area contributed by atoms with Gasteiger partial charge in [-0.2, -0.15) is 0 Å². The van der Waals surface area contributed by atoms with E-state index in [0.717, 1.165) is 0 Å². The predicted octanol–water partition coefficient (Wildman–Crippen LogP) is -0.730. The molecule has 16 heavy (non-hydrogen) atoms. The van der Waals surface area contributed by atoms with E-state index in [1.165, 1.54) is 12.1 Å². The maximum absolute atomic E-state index is 11.6. The first-order valence-corrected chi connectivity index (χ1v) is 6.51. The molecular weight excluding hydrogens is 229 g/mol. The SMILES string of the molecule is O=S(=O)(Nc1cccc(B(O)O)c1)C1CC1. The van der Waals surface area contributed by atoms with Crippen molar-refractivity contribution in [2.75, 3.05) is 4.72 Å². The largest absolute Gasteiger partial charge is 0.488 e. The molecule has 0 aromatic heterocycles. The van der Waals surface area contributed by atoms with Crippen molar-refractivity contribution in [1.82, 2.24) is 0 Å². The molecule has 0 radical (unpaired) electrons. The minimum atomic E-state index is -3.30. The van der Waals surface area contributed by atoms with Crippen LogP contribution >= 0.6 is 0 Å². The van der Waals surface area contributed by atoms with Gasteiger partial charge in [-0.1, -0.05) is 12.1 Å². The lowest BCUT2D eigenvalue weighted by molar-refractivity contribution is 0.426. The van der Waals surface area contributed by atoms with E-state index in [1.807, 2.05) is 0 Å². The molecule has 1 aliphatic rings. The highest BCUT2D eigenvalue weighted by Gasteiger charge is 2.35. The van der Waals surface area contributed by atoms with Gasteiger partial charge in [0.1, 0.15) is 0 Å². The van der Waals surface area contributed by atoms with Gasteiger partial charge in [-0.25, -0.2) is 8.42 Å². The van der Waals surface area contributed by atoms with E-state index >= 15 is 0 Å². The van der Waals surface area contributed by atoms with Crippen LogP contribution in [0.4, 0.5) is 5.69 Å². The van der Waals surface area contributed by atoms with E-state index in [0.29, 0.717) is 18.5 Å². The Labute approximate surface area is 94.3 Å². The van der Waals surface area contributed by atoms with Gasteiger partial charge in [0, 0.05) is 5.69 Å². The van der Waals surface area contributed by atoms with Gasteiger partial charge in [0.25, 0.3) is 0 Å². The summed E-state index contributed by atoms with van der Waals surface area (Å²) >= 11 is 0. The molecule has 0 aliphatic heterocycles.